The Labute approximate surface area is 136 Å². The standard InChI is InChI=1S/2C6H12O6/c2*7-1-3(9)5(11)6(12)4(10)2-8/h2*3,5-9,11-12H,1-2H2/t2*3-,5+,6+/m00/s1. The maximum atomic E-state index is 10.5. The van der Waals surface area contributed by atoms with E-state index in [0.717, 1.165) is 0 Å². The lowest BCUT2D eigenvalue weighted by Gasteiger charge is -2.19. The van der Waals surface area contributed by atoms with E-state index in [0.29, 0.717) is 0 Å². The molecule has 12 nitrogen and oxygen atoms in total. The molecule has 0 aromatic heterocycles. The molecule has 12 heteroatoms. The summed E-state index contributed by atoms with van der Waals surface area (Å²) in [5.74, 6) is -2.01. The first-order valence-corrected chi connectivity index (χ1v) is 6.66. The molecule has 0 saturated heterocycles. The average Bonchev–Trinajstić information content (AvgIpc) is 2.62. The predicted molar refractivity (Wildman–Crippen MR) is 74.4 cm³/mol. The highest BCUT2D eigenvalue weighted by Gasteiger charge is 2.29. The quantitative estimate of drug-likeness (QED) is 0.175. The maximum Gasteiger partial charge on any atom is 0.189 e. The Bertz CT molecular complexity index is 328. The third-order valence-corrected chi connectivity index (χ3v) is 2.78. The third-order valence-electron chi connectivity index (χ3n) is 2.78. The molecule has 0 aliphatic heterocycles. The Morgan fingerprint density at radius 1 is 0.583 bits per heavy atom. The minimum absolute atomic E-state index is 0.767. The van der Waals surface area contributed by atoms with Crippen molar-refractivity contribution in [1.29, 1.82) is 0 Å². The number of carbonyl (C=O) groups is 2. The lowest BCUT2D eigenvalue weighted by Crippen LogP contribution is -2.44. The highest BCUT2D eigenvalue weighted by molar-refractivity contribution is 5.84. The van der Waals surface area contributed by atoms with Gasteiger partial charge in [0.2, 0.25) is 0 Å². The van der Waals surface area contributed by atoms with Crippen LogP contribution in [0.5, 0.6) is 0 Å². The van der Waals surface area contributed by atoms with Crippen LogP contribution in [0.4, 0.5) is 0 Å². The molecule has 0 bridgehead atoms. The van der Waals surface area contributed by atoms with Crippen molar-refractivity contribution in [1.82, 2.24) is 0 Å². The first kappa shape index (κ1) is 25.2. The minimum Gasteiger partial charge on any atom is -0.394 e. The molecule has 24 heavy (non-hydrogen) atoms. The summed E-state index contributed by atoms with van der Waals surface area (Å²) < 4.78 is 0. The van der Waals surface area contributed by atoms with Gasteiger partial charge in [0.05, 0.1) is 13.2 Å². The number of aliphatic hydroxyl groups is 10. The van der Waals surface area contributed by atoms with Gasteiger partial charge in [0.1, 0.15) is 49.8 Å². The fourth-order valence-electron chi connectivity index (χ4n) is 1.20. The molecule has 6 atom stereocenters. The van der Waals surface area contributed by atoms with Crippen LogP contribution in [0.25, 0.3) is 0 Å². The Morgan fingerprint density at radius 3 is 1.00 bits per heavy atom. The number of rotatable bonds is 10. The second-order valence-electron chi connectivity index (χ2n) is 4.62. The summed E-state index contributed by atoms with van der Waals surface area (Å²) in [5, 5.41) is 86.1. The lowest BCUT2D eigenvalue weighted by molar-refractivity contribution is -0.143. The summed E-state index contributed by atoms with van der Waals surface area (Å²) >= 11 is 0. The van der Waals surface area contributed by atoms with Crippen LogP contribution in [0.3, 0.4) is 0 Å². The van der Waals surface area contributed by atoms with E-state index in [1.54, 1.807) is 0 Å². The summed E-state index contributed by atoms with van der Waals surface area (Å²) in [6, 6.07) is 0. The highest BCUT2D eigenvalue weighted by Crippen LogP contribution is 2.01. The van der Waals surface area contributed by atoms with Gasteiger partial charge in [0.15, 0.2) is 11.6 Å². The van der Waals surface area contributed by atoms with E-state index in [2.05, 4.69) is 0 Å². The Balaban J connectivity index is 0. The zero-order valence-electron chi connectivity index (χ0n) is 12.6. The van der Waals surface area contributed by atoms with Crippen molar-refractivity contribution in [3.63, 3.8) is 0 Å². The van der Waals surface area contributed by atoms with Gasteiger partial charge in [-0.2, -0.15) is 0 Å². The minimum atomic E-state index is -1.86. The van der Waals surface area contributed by atoms with E-state index in [-0.39, 0.29) is 0 Å². The van der Waals surface area contributed by atoms with Crippen LogP contribution in [0.15, 0.2) is 0 Å². The number of hydrogen-bond acceptors (Lipinski definition) is 12. The Morgan fingerprint density at radius 2 is 0.833 bits per heavy atom. The van der Waals surface area contributed by atoms with Gasteiger partial charge in [0, 0.05) is 0 Å². The summed E-state index contributed by atoms with van der Waals surface area (Å²) in [6.07, 6.45) is -10.4. The molecule has 0 aromatic carbocycles. The van der Waals surface area contributed by atoms with Crippen LogP contribution in [-0.2, 0) is 9.59 Å². The normalized spacial score (nSPS) is 18.4. The van der Waals surface area contributed by atoms with Crippen molar-refractivity contribution >= 4 is 11.6 Å². The second kappa shape index (κ2) is 13.3. The molecule has 0 aromatic rings. The van der Waals surface area contributed by atoms with E-state index in [1.807, 2.05) is 0 Å². The van der Waals surface area contributed by atoms with Gasteiger partial charge >= 0.3 is 0 Å². The van der Waals surface area contributed by atoms with Crippen LogP contribution in [-0.4, -0.2) is 126 Å². The molecule has 0 unspecified atom stereocenters. The number of Topliss-reactive ketones (excluding diaryl/α,β-unsaturated/α-hetero) is 2. The molecule has 144 valence electrons. The predicted octanol–water partition coefficient (Wildman–Crippen LogP) is -6.75. The smallest absolute Gasteiger partial charge is 0.189 e. The number of hydrogen-bond donors (Lipinski definition) is 10. The molecule has 0 spiro atoms. The van der Waals surface area contributed by atoms with Gasteiger partial charge in [-0.15, -0.1) is 0 Å². The highest BCUT2D eigenvalue weighted by atomic mass is 16.4. The van der Waals surface area contributed by atoms with Crippen molar-refractivity contribution in [2.75, 3.05) is 26.4 Å². The van der Waals surface area contributed by atoms with Gasteiger partial charge in [-0.3, -0.25) is 9.59 Å². The molecule has 0 amide bonds. The monoisotopic (exact) mass is 360 g/mol. The molecule has 0 aliphatic rings. The molecule has 0 rings (SSSR count). The fraction of sp³-hybridized carbons (Fsp3) is 0.833. The van der Waals surface area contributed by atoms with Crippen LogP contribution >= 0.6 is 0 Å². The Kier molecular flexibility index (Phi) is 13.9. The van der Waals surface area contributed by atoms with Crippen molar-refractivity contribution in [3.8, 4) is 0 Å². The third kappa shape index (κ3) is 8.70. The fourth-order valence-corrected chi connectivity index (χ4v) is 1.20. The van der Waals surface area contributed by atoms with E-state index in [1.165, 1.54) is 0 Å². The van der Waals surface area contributed by atoms with Crippen molar-refractivity contribution < 1.29 is 60.7 Å². The van der Waals surface area contributed by atoms with Gasteiger partial charge in [-0.25, -0.2) is 0 Å². The van der Waals surface area contributed by atoms with Gasteiger partial charge in [-0.05, 0) is 0 Å². The molecular weight excluding hydrogens is 336 g/mol. The van der Waals surface area contributed by atoms with E-state index < -0.39 is 74.6 Å². The number of carbonyl (C=O) groups excluding carboxylic acids is 2. The SMILES string of the molecule is O=C(CO)[C@@H](O)[C@H](O)[C@@H](O)CO.O=C(CO)[C@@H](O)[C@H](O)[C@@H](O)CO. The summed E-state index contributed by atoms with van der Waals surface area (Å²) in [7, 11) is 0. The van der Waals surface area contributed by atoms with Crippen molar-refractivity contribution in [2.45, 2.75) is 36.6 Å². The number of ketones is 2. The van der Waals surface area contributed by atoms with Crippen molar-refractivity contribution in [2.24, 2.45) is 0 Å². The zero-order valence-corrected chi connectivity index (χ0v) is 12.6. The largest absolute Gasteiger partial charge is 0.394 e. The molecule has 10 N–H and O–H groups in total. The summed E-state index contributed by atoms with van der Waals surface area (Å²) in [6.45, 7) is -3.37. The van der Waals surface area contributed by atoms with E-state index in [9.17, 15) is 9.59 Å². The number of aliphatic hydroxyl groups excluding tert-OH is 10. The molecule has 0 heterocycles. The van der Waals surface area contributed by atoms with Crippen LogP contribution in [0.1, 0.15) is 0 Å². The summed E-state index contributed by atoms with van der Waals surface area (Å²) in [5.41, 5.74) is 0. The van der Waals surface area contributed by atoms with Crippen LogP contribution in [0.2, 0.25) is 0 Å². The van der Waals surface area contributed by atoms with Gasteiger partial charge < -0.3 is 51.1 Å². The first-order chi connectivity index (χ1) is 11.1. The first-order valence-electron chi connectivity index (χ1n) is 6.66. The summed E-state index contributed by atoms with van der Waals surface area (Å²) in [4.78, 5) is 21.0. The van der Waals surface area contributed by atoms with Gasteiger partial charge in [0.25, 0.3) is 0 Å². The van der Waals surface area contributed by atoms with Crippen LogP contribution in [0, 0.1) is 0 Å². The second-order valence-corrected chi connectivity index (χ2v) is 4.62. The molecule has 0 radical (unpaired) electrons. The lowest BCUT2D eigenvalue weighted by atomic mass is 10.1. The van der Waals surface area contributed by atoms with E-state index >= 15 is 0 Å². The zero-order chi connectivity index (χ0) is 19.4. The van der Waals surface area contributed by atoms with Crippen molar-refractivity contribution in [3.05, 3.63) is 0 Å². The maximum absolute atomic E-state index is 10.5. The van der Waals surface area contributed by atoms with Gasteiger partial charge in [-0.1, -0.05) is 0 Å². The molecule has 0 fully saturated rings. The molecule has 0 saturated carbocycles. The molecule has 0 aliphatic carbocycles. The Hall–Kier alpha value is -1.06. The topological polar surface area (TPSA) is 236 Å². The van der Waals surface area contributed by atoms with E-state index in [4.69, 9.17) is 51.1 Å². The van der Waals surface area contributed by atoms with Crippen LogP contribution < -0.4 is 0 Å². The molecular formula is C12H24O12. The average molecular weight is 360 g/mol.